The van der Waals surface area contributed by atoms with Gasteiger partial charge < -0.3 is 80.3 Å². The molecule has 4 aliphatic heterocycles. The number of fused-ring (bicyclic) bond motifs is 2. The summed E-state index contributed by atoms with van der Waals surface area (Å²) in [6.07, 6.45) is 15.1. The van der Waals surface area contributed by atoms with Gasteiger partial charge in [0.25, 0.3) is 0 Å². The third-order valence-electron chi connectivity index (χ3n) is 15.8. The van der Waals surface area contributed by atoms with Crippen LogP contribution in [0.25, 0.3) is 6.08 Å². The third kappa shape index (κ3) is 21.4. The average molecular weight is 1190 g/mol. The van der Waals surface area contributed by atoms with Crippen LogP contribution in [0.2, 0.25) is 0 Å². The Morgan fingerprint density at radius 1 is 0.917 bits per heavy atom. The number of aromatic nitrogens is 1. The van der Waals surface area contributed by atoms with Gasteiger partial charge in [-0.05, 0) is 143 Å². The first-order valence-corrected chi connectivity index (χ1v) is 30.9. The van der Waals surface area contributed by atoms with E-state index in [1.807, 2.05) is 79.7 Å². The molecular formula is C63H101BF2N4O14. The van der Waals surface area contributed by atoms with Gasteiger partial charge in [0.15, 0.2) is 30.7 Å². The summed E-state index contributed by atoms with van der Waals surface area (Å²) in [5, 5.41) is 5.65. The number of esters is 1. The smallest absolute Gasteiger partial charge is 0.457 e. The summed E-state index contributed by atoms with van der Waals surface area (Å²) in [6.45, 7) is 25.8. The summed E-state index contributed by atoms with van der Waals surface area (Å²) in [4.78, 5) is 40.1. The van der Waals surface area contributed by atoms with Crippen LogP contribution < -0.4 is 10.6 Å². The fourth-order valence-corrected chi connectivity index (χ4v) is 11.5. The molecule has 1 fully saturated rings. The Kier molecular flexibility index (Phi) is 29.0. The highest BCUT2D eigenvalue weighted by Gasteiger charge is 2.52. The molecule has 0 spiro atoms. The van der Waals surface area contributed by atoms with Crippen molar-refractivity contribution in [3.05, 3.63) is 76.8 Å². The lowest BCUT2D eigenvalue weighted by molar-refractivity contribution is -0.362. The number of hydrogen-bond acceptors (Lipinski definition) is 14. The number of aryl methyl sites for hydroxylation is 2. The molecule has 21 heteroatoms. The standard InChI is InChI=1S/C63H101BF2N4O14/c1-15-55(80-49(12)77-17-3)47(10)61-56(81-61)38-42(5)22-21-23-43(6)60-44(7)26-29-57(63(14,84-50(13)78-18-4)31-30-53(41-59(72)83-60)79-48(11)76-16-2)82-62(73)68-33-35-75-37-36-74-34-32-67-58(71)25-20-19-24-51-27-28-52-40-54-45(8)39-46(9)69(54)64(65,66)70(51)52/h21-23,26-29,39-40,42,44,47-50,53,55-57,60-61H,15-20,24-25,30-38,41H2,1-14H3,(H,67,71)(H,68,73)/b22-21?,29-26+,43-23?. The molecular weight excluding hydrogens is 1090 g/mol. The zero-order valence-electron chi connectivity index (χ0n) is 52.8. The molecule has 1 aromatic rings. The monoisotopic (exact) mass is 1190 g/mol. The highest BCUT2D eigenvalue weighted by atomic mass is 19.2. The first kappa shape index (κ1) is 70.2. The molecule has 474 valence electrons. The largest absolute Gasteiger partial charge is 0.737 e. The van der Waals surface area contributed by atoms with E-state index in [2.05, 4.69) is 37.5 Å². The fourth-order valence-electron chi connectivity index (χ4n) is 11.5. The van der Waals surface area contributed by atoms with Crippen LogP contribution in [0.1, 0.15) is 158 Å². The number of hydrogen-bond donors (Lipinski definition) is 2. The lowest BCUT2D eigenvalue weighted by Crippen LogP contribution is -2.50. The lowest BCUT2D eigenvalue weighted by atomic mass is 9.88. The number of halogens is 2. The second-order valence-corrected chi connectivity index (χ2v) is 22.9. The van der Waals surface area contributed by atoms with Gasteiger partial charge in [0.05, 0.1) is 57.3 Å². The van der Waals surface area contributed by atoms with E-state index in [0.717, 1.165) is 32.9 Å². The lowest BCUT2D eigenvalue weighted by Gasteiger charge is -2.39. The van der Waals surface area contributed by atoms with Crippen LogP contribution in [0.3, 0.4) is 0 Å². The van der Waals surface area contributed by atoms with Crippen LogP contribution in [0.15, 0.2) is 59.9 Å². The Morgan fingerprint density at radius 3 is 2.29 bits per heavy atom. The van der Waals surface area contributed by atoms with E-state index < -0.39 is 55.5 Å². The van der Waals surface area contributed by atoms with Gasteiger partial charge in [-0.25, -0.2) is 4.79 Å². The van der Waals surface area contributed by atoms with Crippen LogP contribution in [0.4, 0.5) is 13.4 Å². The highest BCUT2D eigenvalue weighted by Crippen LogP contribution is 2.39. The second kappa shape index (κ2) is 34.7. The van der Waals surface area contributed by atoms with Gasteiger partial charge >= 0.3 is 19.0 Å². The molecule has 5 heterocycles. The Balaban J connectivity index is 1.11. The highest BCUT2D eigenvalue weighted by molar-refractivity contribution is 6.58. The van der Waals surface area contributed by atoms with E-state index in [0.29, 0.717) is 81.3 Å². The van der Waals surface area contributed by atoms with Gasteiger partial charge in [-0.3, -0.25) is 9.59 Å². The fraction of sp³-hybridized carbons (Fsp3) is 0.714. The Morgan fingerprint density at radius 2 is 1.60 bits per heavy atom. The summed E-state index contributed by atoms with van der Waals surface area (Å²) in [5.41, 5.74) is 2.62. The Hall–Kier alpha value is -4.58. The molecule has 0 radical (unpaired) electrons. The summed E-state index contributed by atoms with van der Waals surface area (Å²) < 4.78 is 100. The van der Waals surface area contributed by atoms with Crippen molar-refractivity contribution in [1.82, 2.24) is 15.1 Å². The van der Waals surface area contributed by atoms with E-state index >= 15 is 8.63 Å². The Labute approximate surface area is 499 Å². The topological polar surface area (TPSA) is 188 Å². The van der Waals surface area contributed by atoms with E-state index in [9.17, 15) is 14.4 Å². The van der Waals surface area contributed by atoms with E-state index in [1.165, 1.54) is 0 Å². The number of unbranched alkanes of at least 4 members (excludes halogenated alkanes) is 1. The van der Waals surface area contributed by atoms with Crippen molar-refractivity contribution in [3.8, 4) is 0 Å². The van der Waals surface area contributed by atoms with Gasteiger partial charge in [0.1, 0.15) is 17.4 Å². The zero-order valence-corrected chi connectivity index (χ0v) is 52.8. The molecule has 0 saturated carbocycles. The van der Waals surface area contributed by atoms with Crippen molar-refractivity contribution in [2.24, 2.45) is 17.8 Å². The van der Waals surface area contributed by atoms with E-state index in [-0.39, 0.29) is 94.1 Å². The molecule has 5 rings (SSSR count). The quantitative estimate of drug-likeness (QED) is 0.0124. The second-order valence-electron chi connectivity index (χ2n) is 22.9. The van der Waals surface area contributed by atoms with Crippen LogP contribution in [-0.2, 0) is 61.7 Å². The predicted molar refractivity (Wildman–Crippen MR) is 320 cm³/mol. The number of nitrogens with one attached hydrogen (secondary N) is 2. The van der Waals surface area contributed by atoms with Crippen molar-refractivity contribution in [2.75, 3.05) is 59.3 Å². The number of cyclic esters (lactones) is 1. The number of ether oxygens (including phenoxy) is 11. The summed E-state index contributed by atoms with van der Waals surface area (Å²) >= 11 is 0. The number of rotatable bonds is 35. The predicted octanol–water partition coefficient (Wildman–Crippen LogP) is 10.8. The van der Waals surface area contributed by atoms with Crippen LogP contribution in [0.5, 0.6) is 0 Å². The first-order chi connectivity index (χ1) is 40.0. The molecule has 0 bridgehead atoms. The number of alkyl carbamates (subject to hydrolysis) is 1. The number of amides is 2. The molecule has 2 amide bonds. The van der Waals surface area contributed by atoms with Crippen molar-refractivity contribution in [2.45, 2.75) is 216 Å². The molecule has 0 aromatic carbocycles. The van der Waals surface area contributed by atoms with Gasteiger partial charge in [-0.15, -0.1) is 0 Å². The number of nitrogens with zero attached hydrogens (tertiary/aromatic N) is 2. The van der Waals surface area contributed by atoms with Crippen LogP contribution in [-0.4, -0.2) is 160 Å². The van der Waals surface area contributed by atoms with Crippen molar-refractivity contribution < 1.29 is 79.6 Å². The van der Waals surface area contributed by atoms with Gasteiger partial charge in [-0.2, -0.15) is 0 Å². The number of allylic oxidation sites excluding steroid dienone is 5. The molecule has 1 saturated heterocycles. The number of carbonyl (C=O) groups is 3. The SMILES string of the molecule is CCOC(C)OC1CCC(C)(OC(C)OCC)C(OC(=O)NCCOCCOCCNC(=O)CCCCC2=[N+]3C(=Cc4c(C)cc(C)n4[B-]3(F)F)C=C2)/C=C/C(C)C(C(C)=CC=CC(C)CC2OC2C(C)C(CC)OC(C)OCC)OC(=O)C1. The minimum absolute atomic E-state index is 0.0386. The molecule has 18 nitrogen and oxygen atoms in total. The minimum atomic E-state index is -4.01. The third-order valence-corrected chi connectivity index (χ3v) is 15.8. The average Bonchev–Trinajstić information content (AvgIpc) is 2.47. The molecule has 13 atom stereocenters. The normalized spacial score (nSPS) is 26.0. The maximum atomic E-state index is 15.8. The van der Waals surface area contributed by atoms with Gasteiger partial charge in [-0.1, -0.05) is 52.0 Å². The van der Waals surface area contributed by atoms with Crippen molar-refractivity contribution >= 4 is 36.7 Å². The molecule has 84 heavy (non-hydrogen) atoms. The van der Waals surface area contributed by atoms with E-state index in [1.54, 1.807) is 45.1 Å². The minimum Gasteiger partial charge on any atom is -0.457 e. The van der Waals surface area contributed by atoms with Gasteiger partial charge in [0, 0.05) is 81.5 Å². The van der Waals surface area contributed by atoms with E-state index in [4.69, 9.17) is 52.1 Å². The number of epoxide rings is 1. The van der Waals surface area contributed by atoms with Crippen LogP contribution >= 0.6 is 0 Å². The summed E-state index contributed by atoms with van der Waals surface area (Å²) in [6, 6.07) is 1.79. The molecule has 4 aliphatic rings. The van der Waals surface area contributed by atoms with Crippen molar-refractivity contribution in [3.63, 3.8) is 0 Å². The van der Waals surface area contributed by atoms with Crippen LogP contribution in [0, 0.1) is 31.6 Å². The number of carbonyl (C=O) groups excluding carboxylic acids is 3. The molecule has 13 unspecified atom stereocenters. The van der Waals surface area contributed by atoms with Gasteiger partial charge in [0.2, 0.25) is 5.91 Å². The Bertz CT molecular complexity index is 2450. The molecule has 0 aliphatic carbocycles. The first-order valence-electron chi connectivity index (χ1n) is 30.9. The summed E-state index contributed by atoms with van der Waals surface area (Å²) in [7, 11) is 0. The molecule has 1 aromatic heterocycles. The maximum Gasteiger partial charge on any atom is 0.737 e. The van der Waals surface area contributed by atoms with Crippen molar-refractivity contribution in [1.29, 1.82) is 0 Å². The molecule has 2 N–H and O–H groups in total. The zero-order chi connectivity index (χ0) is 61.6. The summed E-state index contributed by atoms with van der Waals surface area (Å²) in [5.74, 6) is -0.476. The maximum absolute atomic E-state index is 15.8.